The van der Waals surface area contributed by atoms with Gasteiger partial charge in [0.2, 0.25) is 0 Å². The van der Waals surface area contributed by atoms with Crippen LogP contribution in [0.1, 0.15) is 26.8 Å². The van der Waals surface area contributed by atoms with Gasteiger partial charge in [-0.05, 0) is 59.0 Å². The Hall–Kier alpha value is -3.89. The predicted molar refractivity (Wildman–Crippen MR) is 178 cm³/mol. The molecule has 4 aromatic carbocycles. The van der Waals surface area contributed by atoms with E-state index in [1.165, 1.54) is 59.1 Å². The number of amides is 1. The highest BCUT2D eigenvalue weighted by Crippen LogP contribution is 2.34. The van der Waals surface area contributed by atoms with Crippen molar-refractivity contribution in [1.29, 1.82) is 0 Å². The van der Waals surface area contributed by atoms with Crippen LogP contribution >= 0.6 is 22.9 Å². The summed E-state index contributed by atoms with van der Waals surface area (Å²) in [5.41, 5.74) is 2.96. The summed E-state index contributed by atoms with van der Waals surface area (Å²) in [7, 11) is -0.890. The lowest BCUT2D eigenvalue weighted by atomic mass is 9.96. The molecule has 0 unspecified atom stereocenters. The van der Waals surface area contributed by atoms with Crippen molar-refractivity contribution in [2.75, 3.05) is 44.6 Å². The van der Waals surface area contributed by atoms with Crippen molar-refractivity contribution in [1.82, 2.24) is 9.80 Å². The van der Waals surface area contributed by atoms with E-state index < -0.39 is 10.0 Å². The Bertz CT molecular complexity index is 1850. The summed E-state index contributed by atoms with van der Waals surface area (Å²) in [5, 5.41) is 1.03. The van der Waals surface area contributed by atoms with Gasteiger partial charge in [-0.15, -0.1) is 11.3 Å². The summed E-state index contributed by atoms with van der Waals surface area (Å²) in [6, 6.07) is 32.8. The van der Waals surface area contributed by atoms with Crippen LogP contribution in [0, 0.1) is 0 Å². The van der Waals surface area contributed by atoms with Gasteiger partial charge in [0.25, 0.3) is 15.9 Å². The number of thiophene rings is 1. The molecule has 1 aromatic heterocycles. The number of sulfonamides is 1. The summed E-state index contributed by atoms with van der Waals surface area (Å²) in [5.74, 6) is 0.399. The highest BCUT2D eigenvalue weighted by Gasteiger charge is 2.29. The fourth-order valence-electron chi connectivity index (χ4n) is 5.66. The van der Waals surface area contributed by atoms with Gasteiger partial charge in [-0.3, -0.25) is 14.0 Å². The van der Waals surface area contributed by atoms with Gasteiger partial charge >= 0.3 is 0 Å². The lowest BCUT2D eigenvalue weighted by Crippen LogP contribution is -2.49. The molecule has 0 aliphatic carbocycles. The van der Waals surface area contributed by atoms with Gasteiger partial charge < -0.3 is 9.64 Å². The molecule has 5 aromatic rings. The van der Waals surface area contributed by atoms with Crippen molar-refractivity contribution >= 4 is 54.6 Å². The summed E-state index contributed by atoms with van der Waals surface area (Å²) in [4.78, 5) is 18.7. The predicted octanol–water partition coefficient (Wildman–Crippen LogP) is 6.94. The minimum atomic E-state index is -3.87. The molecule has 6 rings (SSSR count). The van der Waals surface area contributed by atoms with Crippen LogP contribution in [0.5, 0.6) is 5.75 Å². The number of piperazine rings is 1. The van der Waals surface area contributed by atoms with Gasteiger partial charge in [0.05, 0.1) is 33.6 Å². The third-order valence-corrected chi connectivity index (χ3v) is 11.2. The van der Waals surface area contributed by atoms with E-state index in [2.05, 4.69) is 53.4 Å². The molecule has 0 N–H and O–H groups in total. The quantitative estimate of drug-likeness (QED) is 0.183. The molecule has 1 aliphatic heterocycles. The first-order chi connectivity index (χ1) is 21.3. The van der Waals surface area contributed by atoms with E-state index in [0.29, 0.717) is 29.4 Å². The van der Waals surface area contributed by atoms with Gasteiger partial charge in [0, 0.05) is 37.9 Å². The molecule has 7 nitrogen and oxygen atoms in total. The minimum Gasteiger partial charge on any atom is -0.495 e. The lowest BCUT2D eigenvalue weighted by molar-refractivity contribution is 0.0602. The molecule has 0 bridgehead atoms. The average molecular weight is 646 g/mol. The van der Waals surface area contributed by atoms with Crippen LogP contribution < -0.4 is 9.04 Å². The maximum Gasteiger partial charge on any atom is 0.264 e. The molecule has 1 amide bonds. The van der Waals surface area contributed by atoms with Crippen molar-refractivity contribution in [3.05, 3.63) is 124 Å². The summed E-state index contributed by atoms with van der Waals surface area (Å²) in [6.45, 7) is 2.76. The van der Waals surface area contributed by atoms with Crippen LogP contribution in [-0.2, 0) is 10.0 Å². The number of anilines is 1. The van der Waals surface area contributed by atoms with Gasteiger partial charge in [0.1, 0.15) is 5.75 Å². The van der Waals surface area contributed by atoms with E-state index >= 15 is 0 Å². The van der Waals surface area contributed by atoms with E-state index in [-0.39, 0.29) is 21.9 Å². The highest BCUT2D eigenvalue weighted by molar-refractivity contribution is 7.92. The number of fused-ring (bicyclic) bond motifs is 1. The monoisotopic (exact) mass is 645 g/mol. The number of carbonyl (C=O) groups is 1. The Morgan fingerprint density at radius 2 is 1.50 bits per heavy atom. The number of nitrogens with zero attached hydrogens (tertiary/aromatic N) is 3. The van der Waals surface area contributed by atoms with E-state index in [4.69, 9.17) is 16.3 Å². The van der Waals surface area contributed by atoms with E-state index in [0.717, 1.165) is 23.2 Å². The SMILES string of the molecule is COc1ccc(S(=O)(=O)N(C)c2ccc3sc(C(=O)N4CCN(C(c5ccccc5)c5ccccc5)CC4)cc3c2)cc1Cl. The maximum absolute atomic E-state index is 13.6. The first kappa shape index (κ1) is 30.1. The van der Waals surface area contributed by atoms with E-state index in [9.17, 15) is 13.2 Å². The number of hydrogen-bond acceptors (Lipinski definition) is 6. The lowest BCUT2D eigenvalue weighted by Gasteiger charge is -2.39. The molecule has 10 heteroatoms. The number of carbonyl (C=O) groups excluding carboxylic acids is 1. The number of rotatable bonds is 8. The molecule has 1 fully saturated rings. The molecular formula is C34H32ClN3O4S2. The van der Waals surface area contributed by atoms with Crippen molar-refractivity contribution in [3.63, 3.8) is 0 Å². The number of halogens is 1. The second kappa shape index (κ2) is 12.6. The average Bonchev–Trinajstić information content (AvgIpc) is 3.49. The summed E-state index contributed by atoms with van der Waals surface area (Å²) in [6.07, 6.45) is 0. The third-order valence-electron chi connectivity index (χ3n) is 8.05. The summed E-state index contributed by atoms with van der Waals surface area (Å²) < 4.78 is 34.0. The molecule has 226 valence electrons. The third kappa shape index (κ3) is 5.93. The fraction of sp³-hybridized carbons (Fsp3) is 0.206. The molecule has 1 aliphatic rings. The number of ether oxygens (including phenoxy) is 1. The highest BCUT2D eigenvalue weighted by atomic mass is 35.5. The normalized spacial score (nSPS) is 14.2. The molecule has 0 atom stereocenters. The van der Waals surface area contributed by atoms with Crippen LogP contribution in [0.2, 0.25) is 5.02 Å². The van der Waals surface area contributed by atoms with Crippen molar-refractivity contribution < 1.29 is 17.9 Å². The van der Waals surface area contributed by atoms with Gasteiger partial charge in [-0.1, -0.05) is 72.3 Å². The van der Waals surface area contributed by atoms with Crippen molar-refractivity contribution in [3.8, 4) is 5.75 Å². The molecular weight excluding hydrogens is 614 g/mol. The Labute approximate surface area is 266 Å². The number of methoxy groups -OCH3 is 1. The van der Waals surface area contributed by atoms with E-state index in [1.54, 1.807) is 12.1 Å². The Kier molecular flexibility index (Phi) is 8.64. The zero-order valence-corrected chi connectivity index (χ0v) is 26.8. The maximum atomic E-state index is 13.6. The second-order valence-electron chi connectivity index (χ2n) is 10.7. The van der Waals surface area contributed by atoms with Gasteiger partial charge in [-0.2, -0.15) is 0 Å². The van der Waals surface area contributed by atoms with Crippen LogP contribution in [0.25, 0.3) is 10.1 Å². The number of hydrogen-bond donors (Lipinski definition) is 0. The molecule has 1 saturated heterocycles. The number of benzene rings is 4. The first-order valence-electron chi connectivity index (χ1n) is 14.3. The Morgan fingerprint density at radius 1 is 0.864 bits per heavy atom. The molecule has 2 heterocycles. The first-order valence-corrected chi connectivity index (χ1v) is 16.9. The molecule has 0 spiro atoms. The van der Waals surface area contributed by atoms with Crippen LogP contribution in [-0.4, -0.2) is 64.5 Å². The summed E-state index contributed by atoms with van der Waals surface area (Å²) >= 11 is 7.62. The van der Waals surface area contributed by atoms with Crippen molar-refractivity contribution in [2.24, 2.45) is 0 Å². The van der Waals surface area contributed by atoms with E-state index in [1.807, 2.05) is 29.2 Å². The zero-order valence-electron chi connectivity index (χ0n) is 24.4. The molecule has 0 saturated carbocycles. The molecule has 44 heavy (non-hydrogen) atoms. The second-order valence-corrected chi connectivity index (χ2v) is 14.1. The Morgan fingerprint density at radius 3 is 2.09 bits per heavy atom. The minimum absolute atomic E-state index is 0.00257. The van der Waals surface area contributed by atoms with Crippen LogP contribution in [0.3, 0.4) is 0 Å². The molecule has 0 radical (unpaired) electrons. The van der Waals surface area contributed by atoms with Crippen LogP contribution in [0.4, 0.5) is 5.69 Å². The topological polar surface area (TPSA) is 70.2 Å². The van der Waals surface area contributed by atoms with Crippen molar-refractivity contribution in [2.45, 2.75) is 10.9 Å². The Balaban J connectivity index is 1.18. The fourth-order valence-corrected chi connectivity index (χ4v) is 8.21. The zero-order chi connectivity index (χ0) is 30.8. The standard InChI is InChI=1S/C34H32ClN3O4S2/c1-36(44(40,41)28-14-15-30(42-2)29(35)23-28)27-13-16-31-26(21-27)22-32(43-31)34(39)38-19-17-37(18-20-38)33(24-9-5-3-6-10-24)25-11-7-4-8-12-25/h3-16,21-23,33H,17-20H2,1-2H3. The van der Waals surface area contributed by atoms with Gasteiger partial charge in [0.15, 0.2) is 0 Å². The van der Waals surface area contributed by atoms with Gasteiger partial charge in [-0.25, -0.2) is 8.42 Å². The smallest absolute Gasteiger partial charge is 0.264 e. The largest absolute Gasteiger partial charge is 0.495 e. The van der Waals surface area contributed by atoms with Crippen LogP contribution in [0.15, 0.2) is 108 Å².